The maximum Gasteiger partial charge on any atom is 0.300 e. The molecule has 2 aromatic rings. The summed E-state index contributed by atoms with van der Waals surface area (Å²) in [5.74, 6) is -0.565. The molecule has 0 aromatic carbocycles. The van der Waals surface area contributed by atoms with E-state index in [9.17, 15) is 14.9 Å². The fourth-order valence-electron chi connectivity index (χ4n) is 1.69. The summed E-state index contributed by atoms with van der Waals surface area (Å²) in [5.41, 5.74) is 0.412. The van der Waals surface area contributed by atoms with E-state index >= 15 is 0 Å². The van der Waals surface area contributed by atoms with Crippen LogP contribution in [0.1, 0.15) is 15.9 Å². The van der Waals surface area contributed by atoms with Gasteiger partial charge in [0.25, 0.3) is 11.6 Å². The average molecular weight is 295 g/mol. The van der Waals surface area contributed by atoms with Crippen LogP contribution < -0.4 is 5.32 Å². The molecule has 0 aliphatic heterocycles. The van der Waals surface area contributed by atoms with E-state index in [0.29, 0.717) is 0 Å². The summed E-state index contributed by atoms with van der Waals surface area (Å²) in [6, 6.07) is 3.02. The first-order valence-electron chi connectivity index (χ1n) is 5.66. The zero-order chi connectivity index (χ0) is 14.7. The van der Waals surface area contributed by atoms with Crippen LogP contribution in [0.25, 0.3) is 0 Å². The first-order valence-corrected chi connectivity index (χ1v) is 6.04. The van der Waals surface area contributed by atoms with Crippen molar-refractivity contribution in [3.05, 3.63) is 57.1 Å². The van der Waals surface area contributed by atoms with Crippen LogP contribution in [-0.4, -0.2) is 20.4 Å². The monoisotopic (exact) mass is 294 g/mol. The third-order valence-electron chi connectivity index (χ3n) is 2.64. The molecule has 0 spiro atoms. The fraction of sp³-hybridized carbons (Fsp3) is 0.167. The highest BCUT2D eigenvalue weighted by Crippen LogP contribution is 2.20. The standard InChI is InChI=1S/C12H11ClN4O3/c1-16-3-2-8(7-16)5-15-12(18)9-4-11(13)14-6-10(9)17(19)20/h2-4,6-7H,5H2,1H3,(H,15,18). The van der Waals surface area contributed by atoms with Gasteiger partial charge in [-0.2, -0.15) is 0 Å². The topological polar surface area (TPSA) is 90.1 Å². The zero-order valence-corrected chi connectivity index (χ0v) is 11.3. The number of halogens is 1. The van der Waals surface area contributed by atoms with Gasteiger partial charge >= 0.3 is 0 Å². The summed E-state index contributed by atoms with van der Waals surface area (Å²) in [6.07, 6.45) is 4.65. The molecule has 1 N–H and O–H groups in total. The van der Waals surface area contributed by atoms with Crippen molar-refractivity contribution in [3.63, 3.8) is 0 Å². The van der Waals surface area contributed by atoms with Gasteiger partial charge in [-0.15, -0.1) is 0 Å². The molecule has 0 unspecified atom stereocenters. The second-order valence-electron chi connectivity index (χ2n) is 4.15. The number of amides is 1. The Morgan fingerprint density at radius 2 is 2.35 bits per heavy atom. The highest BCUT2D eigenvalue weighted by Gasteiger charge is 2.21. The molecule has 2 aromatic heterocycles. The minimum absolute atomic E-state index is 0.0282. The number of aryl methyl sites for hydroxylation is 1. The maximum absolute atomic E-state index is 12.0. The van der Waals surface area contributed by atoms with Gasteiger partial charge < -0.3 is 9.88 Å². The summed E-state index contributed by atoms with van der Waals surface area (Å²) >= 11 is 5.67. The molecule has 2 rings (SSSR count). The van der Waals surface area contributed by atoms with Gasteiger partial charge in [0.2, 0.25) is 0 Å². The summed E-state index contributed by atoms with van der Waals surface area (Å²) in [6.45, 7) is 0.275. The quantitative estimate of drug-likeness (QED) is 0.530. The fourth-order valence-corrected chi connectivity index (χ4v) is 1.85. The second kappa shape index (κ2) is 5.70. The number of pyridine rings is 1. The van der Waals surface area contributed by atoms with Crippen molar-refractivity contribution < 1.29 is 9.72 Å². The molecule has 0 radical (unpaired) electrons. The van der Waals surface area contributed by atoms with Crippen LogP contribution in [0.15, 0.2) is 30.7 Å². The van der Waals surface area contributed by atoms with Crippen LogP contribution in [-0.2, 0) is 13.6 Å². The lowest BCUT2D eigenvalue weighted by Gasteiger charge is -2.05. The van der Waals surface area contributed by atoms with Gasteiger partial charge in [0.05, 0.1) is 4.92 Å². The van der Waals surface area contributed by atoms with E-state index in [-0.39, 0.29) is 22.9 Å². The molecule has 0 aliphatic carbocycles. The molecule has 8 heteroatoms. The Bertz CT molecular complexity index is 668. The van der Waals surface area contributed by atoms with Crippen molar-refractivity contribution in [2.75, 3.05) is 0 Å². The van der Waals surface area contributed by atoms with Crippen molar-refractivity contribution >= 4 is 23.2 Å². The lowest BCUT2D eigenvalue weighted by Crippen LogP contribution is -2.23. The number of nitrogens with zero attached hydrogens (tertiary/aromatic N) is 3. The number of aromatic nitrogens is 2. The largest absolute Gasteiger partial charge is 0.357 e. The van der Waals surface area contributed by atoms with E-state index in [1.165, 1.54) is 6.07 Å². The van der Waals surface area contributed by atoms with E-state index in [1.807, 2.05) is 30.1 Å². The molecular weight excluding hydrogens is 284 g/mol. The Morgan fingerprint density at radius 1 is 1.60 bits per heavy atom. The molecule has 0 aliphatic rings. The Kier molecular flexibility index (Phi) is 3.99. The van der Waals surface area contributed by atoms with Crippen LogP contribution >= 0.6 is 11.6 Å². The molecule has 2 heterocycles. The number of nitrogens with one attached hydrogen (secondary N) is 1. The summed E-state index contributed by atoms with van der Waals surface area (Å²) in [7, 11) is 1.86. The van der Waals surface area contributed by atoms with Crippen molar-refractivity contribution in [2.24, 2.45) is 7.05 Å². The number of rotatable bonds is 4. The lowest BCUT2D eigenvalue weighted by molar-refractivity contribution is -0.385. The van der Waals surface area contributed by atoms with Crippen molar-refractivity contribution in [1.82, 2.24) is 14.9 Å². The van der Waals surface area contributed by atoms with Gasteiger partial charge in [-0.05, 0) is 17.7 Å². The van der Waals surface area contributed by atoms with Crippen LogP contribution in [0.5, 0.6) is 0 Å². The number of carbonyl (C=O) groups is 1. The van der Waals surface area contributed by atoms with Crippen LogP contribution in [0.2, 0.25) is 5.15 Å². The van der Waals surface area contributed by atoms with Crippen molar-refractivity contribution in [2.45, 2.75) is 6.54 Å². The smallest absolute Gasteiger partial charge is 0.300 e. The van der Waals surface area contributed by atoms with E-state index in [0.717, 1.165) is 11.8 Å². The van der Waals surface area contributed by atoms with E-state index in [2.05, 4.69) is 10.3 Å². The van der Waals surface area contributed by atoms with Crippen molar-refractivity contribution in [1.29, 1.82) is 0 Å². The molecule has 1 amide bonds. The Morgan fingerprint density at radius 3 is 2.95 bits per heavy atom. The molecule has 104 valence electrons. The number of carbonyl (C=O) groups excluding carboxylic acids is 1. The first kappa shape index (κ1) is 14.0. The zero-order valence-electron chi connectivity index (χ0n) is 10.5. The van der Waals surface area contributed by atoms with Gasteiger partial charge in [-0.3, -0.25) is 14.9 Å². The van der Waals surface area contributed by atoms with Crippen LogP contribution in [0.3, 0.4) is 0 Å². The second-order valence-corrected chi connectivity index (χ2v) is 4.54. The summed E-state index contributed by atoms with van der Waals surface area (Å²) < 4.78 is 1.84. The van der Waals surface area contributed by atoms with Crippen molar-refractivity contribution in [3.8, 4) is 0 Å². The number of hydrogen-bond donors (Lipinski definition) is 1. The highest BCUT2D eigenvalue weighted by molar-refractivity contribution is 6.29. The molecule has 0 saturated heterocycles. The Hall–Kier alpha value is -2.41. The minimum Gasteiger partial charge on any atom is -0.357 e. The van der Waals surface area contributed by atoms with E-state index in [4.69, 9.17) is 11.6 Å². The molecule has 0 bridgehead atoms. The van der Waals surface area contributed by atoms with Gasteiger partial charge in [0.15, 0.2) is 0 Å². The van der Waals surface area contributed by atoms with Gasteiger partial charge in [-0.25, -0.2) is 4.98 Å². The number of hydrogen-bond acceptors (Lipinski definition) is 4. The molecule has 7 nitrogen and oxygen atoms in total. The van der Waals surface area contributed by atoms with E-state index in [1.54, 1.807) is 0 Å². The molecule has 0 saturated carbocycles. The SMILES string of the molecule is Cn1ccc(CNC(=O)c2cc(Cl)ncc2[N+](=O)[O-])c1. The Labute approximate surface area is 119 Å². The lowest BCUT2D eigenvalue weighted by atomic mass is 10.2. The predicted octanol–water partition coefficient (Wildman–Crippen LogP) is 1.91. The minimum atomic E-state index is -0.666. The third-order valence-corrected chi connectivity index (χ3v) is 2.84. The predicted molar refractivity (Wildman–Crippen MR) is 72.5 cm³/mol. The summed E-state index contributed by atoms with van der Waals surface area (Å²) in [5, 5.41) is 13.5. The van der Waals surface area contributed by atoms with Gasteiger partial charge in [-0.1, -0.05) is 11.6 Å². The van der Waals surface area contributed by atoms with Crippen LogP contribution in [0.4, 0.5) is 5.69 Å². The number of nitro groups is 1. The van der Waals surface area contributed by atoms with E-state index < -0.39 is 10.8 Å². The molecular formula is C12H11ClN4O3. The normalized spacial score (nSPS) is 10.3. The van der Waals surface area contributed by atoms with Gasteiger partial charge in [0.1, 0.15) is 16.9 Å². The highest BCUT2D eigenvalue weighted by atomic mass is 35.5. The maximum atomic E-state index is 12.0. The molecule has 0 fully saturated rings. The molecule has 20 heavy (non-hydrogen) atoms. The van der Waals surface area contributed by atoms with Crippen LogP contribution in [0, 0.1) is 10.1 Å². The Balaban J connectivity index is 2.16. The third kappa shape index (κ3) is 3.12. The average Bonchev–Trinajstić information content (AvgIpc) is 2.81. The molecule has 0 atom stereocenters. The van der Waals surface area contributed by atoms with Gasteiger partial charge in [0, 0.05) is 26.0 Å². The first-order chi connectivity index (χ1) is 9.47. The summed E-state index contributed by atoms with van der Waals surface area (Å²) in [4.78, 5) is 25.8.